The summed E-state index contributed by atoms with van der Waals surface area (Å²) >= 11 is 0. The number of halogens is 4. The topological polar surface area (TPSA) is 69.8 Å². The first-order valence-electron chi connectivity index (χ1n) is 6.70. The monoisotopic (exact) mass is 338 g/mol. The smallest absolute Gasteiger partial charge is 0.357 e. The van der Waals surface area contributed by atoms with Gasteiger partial charge in [-0.3, -0.25) is 4.98 Å². The van der Waals surface area contributed by atoms with E-state index in [1.54, 1.807) is 0 Å². The maximum absolute atomic E-state index is 13.5. The molecule has 0 aliphatic heterocycles. The molecule has 124 valence electrons. The van der Waals surface area contributed by atoms with Gasteiger partial charge in [0.1, 0.15) is 0 Å². The summed E-state index contributed by atoms with van der Waals surface area (Å²) in [6, 6.07) is 3.32. The van der Waals surface area contributed by atoms with Gasteiger partial charge in [0.05, 0.1) is 23.0 Å². The number of aromatic nitrogens is 2. The van der Waals surface area contributed by atoms with Crippen LogP contribution in [0, 0.1) is 5.82 Å². The minimum Gasteiger partial charge on any atom is -0.357 e. The zero-order valence-electron chi connectivity index (χ0n) is 11.9. The fraction of sp³-hybridized carbons (Fsp3) is 0.0667. The van der Waals surface area contributed by atoms with E-state index in [0.717, 1.165) is 30.5 Å². The Morgan fingerprint density at radius 3 is 2.46 bits per heavy atom. The van der Waals surface area contributed by atoms with Gasteiger partial charge < -0.3 is 15.6 Å². The zero-order chi connectivity index (χ0) is 17.3. The van der Waals surface area contributed by atoms with E-state index in [4.69, 9.17) is 0 Å². The summed E-state index contributed by atoms with van der Waals surface area (Å²) in [6.07, 6.45) is -0.642. The van der Waals surface area contributed by atoms with Crippen molar-refractivity contribution in [2.75, 3.05) is 10.6 Å². The molecule has 0 aliphatic carbocycles. The van der Waals surface area contributed by atoms with E-state index in [2.05, 4.69) is 20.6 Å². The van der Waals surface area contributed by atoms with E-state index in [1.807, 2.05) is 0 Å². The molecule has 0 atom stereocenters. The summed E-state index contributed by atoms with van der Waals surface area (Å²) in [6.45, 7) is 0. The minimum atomic E-state index is -4.44. The molecule has 0 radical (unpaired) electrons. The predicted octanol–water partition coefficient (Wildman–Crippen LogP) is 4.36. The summed E-state index contributed by atoms with van der Waals surface area (Å²) in [7, 11) is 0. The van der Waals surface area contributed by atoms with Crippen LogP contribution >= 0.6 is 0 Å². The van der Waals surface area contributed by atoms with Crippen LogP contribution in [-0.4, -0.2) is 16.0 Å². The number of benzene rings is 1. The lowest BCUT2D eigenvalue weighted by atomic mass is 10.2. The molecule has 0 unspecified atom stereocenters. The second kappa shape index (κ2) is 5.84. The van der Waals surface area contributed by atoms with Crippen molar-refractivity contribution in [2.45, 2.75) is 6.18 Å². The number of urea groups is 1. The molecule has 0 spiro atoms. The average Bonchev–Trinajstić information content (AvgIpc) is 2.91. The number of alkyl halides is 3. The molecule has 3 N–H and O–H groups in total. The van der Waals surface area contributed by atoms with Gasteiger partial charge in [-0.25, -0.2) is 9.18 Å². The molecular formula is C15H10F4N4O. The number of aromatic amines is 1. The van der Waals surface area contributed by atoms with Gasteiger partial charge in [0.25, 0.3) is 0 Å². The van der Waals surface area contributed by atoms with Crippen LogP contribution in [0.5, 0.6) is 0 Å². The summed E-state index contributed by atoms with van der Waals surface area (Å²) in [5.41, 5.74) is -0.146. The number of nitrogens with one attached hydrogen (secondary N) is 3. The molecule has 5 nitrogen and oxygen atoms in total. The number of hydrogen-bond acceptors (Lipinski definition) is 2. The van der Waals surface area contributed by atoms with Crippen molar-refractivity contribution < 1.29 is 22.4 Å². The molecule has 2 amide bonds. The van der Waals surface area contributed by atoms with E-state index in [1.165, 1.54) is 12.4 Å². The first kappa shape index (κ1) is 15.8. The van der Waals surface area contributed by atoms with Crippen molar-refractivity contribution in [3.8, 4) is 0 Å². The third-order valence-corrected chi connectivity index (χ3v) is 3.27. The maximum Gasteiger partial charge on any atom is 0.416 e. The lowest BCUT2D eigenvalue weighted by molar-refractivity contribution is -0.137. The van der Waals surface area contributed by atoms with E-state index in [0.29, 0.717) is 11.1 Å². The Kier molecular flexibility index (Phi) is 3.84. The standard InChI is InChI=1S/C15H10F4N4O/c16-11-6-20-5-10-12(7-21-13(10)11)23-14(24)22-9-3-1-8(2-4-9)15(17,18)19/h1-7,21H,(H2,22,23,24). The van der Waals surface area contributed by atoms with Gasteiger partial charge in [0, 0.05) is 23.5 Å². The molecule has 0 aliphatic rings. The normalized spacial score (nSPS) is 11.5. The van der Waals surface area contributed by atoms with Crippen molar-refractivity contribution in [2.24, 2.45) is 0 Å². The van der Waals surface area contributed by atoms with Gasteiger partial charge in [-0.15, -0.1) is 0 Å². The van der Waals surface area contributed by atoms with Gasteiger partial charge in [-0.05, 0) is 24.3 Å². The number of pyridine rings is 1. The Bertz CT molecular complexity index is 887. The molecule has 0 saturated heterocycles. The molecule has 0 fully saturated rings. The second-order valence-corrected chi connectivity index (χ2v) is 4.90. The first-order valence-corrected chi connectivity index (χ1v) is 6.70. The highest BCUT2D eigenvalue weighted by atomic mass is 19.4. The summed E-state index contributed by atoms with van der Waals surface area (Å²) in [4.78, 5) is 18.3. The van der Waals surface area contributed by atoms with Crippen molar-refractivity contribution in [1.29, 1.82) is 0 Å². The fourth-order valence-electron chi connectivity index (χ4n) is 2.14. The van der Waals surface area contributed by atoms with Crippen molar-refractivity contribution in [3.63, 3.8) is 0 Å². The third-order valence-electron chi connectivity index (χ3n) is 3.27. The van der Waals surface area contributed by atoms with Crippen molar-refractivity contribution in [3.05, 3.63) is 54.2 Å². The third kappa shape index (κ3) is 3.14. The van der Waals surface area contributed by atoms with Crippen molar-refractivity contribution in [1.82, 2.24) is 9.97 Å². The SMILES string of the molecule is O=C(Nc1ccc(C(F)(F)F)cc1)Nc1c[nH]c2c(F)cncc12. The Hall–Kier alpha value is -3.10. The number of hydrogen-bond donors (Lipinski definition) is 3. The number of nitrogens with zero attached hydrogens (tertiary/aromatic N) is 1. The van der Waals surface area contributed by atoms with E-state index in [-0.39, 0.29) is 11.2 Å². The van der Waals surface area contributed by atoms with Crippen LogP contribution in [-0.2, 0) is 6.18 Å². The Morgan fingerprint density at radius 1 is 1.08 bits per heavy atom. The number of carbonyl (C=O) groups is 1. The number of fused-ring (bicyclic) bond motifs is 1. The van der Waals surface area contributed by atoms with Crippen LogP contribution in [0.25, 0.3) is 10.9 Å². The van der Waals surface area contributed by atoms with Crippen LogP contribution < -0.4 is 10.6 Å². The number of amides is 2. The summed E-state index contributed by atoms with van der Waals surface area (Å²) in [5, 5.41) is 5.24. The molecule has 3 rings (SSSR count). The molecule has 2 heterocycles. The highest BCUT2D eigenvalue weighted by Gasteiger charge is 2.29. The molecule has 2 aromatic heterocycles. The van der Waals surface area contributed by atoms with Crippen LogP contribution in [0.2, 0.25) is 0 Å². The minimum absolute atomic E-state index is 0.185. The Labute approximate surface area is 132 Å². The molecule has 0 saturated carbocycles. The highest BCUT2D eigenvalue weighted by molar-refractivity contribution is 6.05. The average molecular weight is 338 g/mol. The number of carbonyl (C=O) groups excluding carboxylic acids is 1. The lowest BCUT2D eigenvalue weighted by Crippen LogP contribution is -2.19. The van der Waals surface area contributed by atoms with Crippen LogP contribution in [0.1, 0.15) is 5.56 Å². The highest BCUT2D eigenvalue weighted by Crippen LogP contribution is 2.30. The maximum atomic E-state index is 13.5. The predicted molar refractivity (Wildman–Crippen MR) is 80.1 cm³/mol. The van der Waals surface area contributed by atoms with Crippen LogP contribution in [0.15, 0.2) is 42.9 Å². The largest absolute Gasteiger partial charge is 0.416 e. The Balaban J connectivity index is 1.72. The van der Waals surface area contributed by atoms with Crippen LogP contribution in [0.3, 0.4) is 0 Å². The van der Waals surface area contributed by atoms with Gasteiger partial charge in [-0.2, -0.15) is 13.2 Å². The van der Waals surface area contributed by atoms with Gasteiger partial charge in [-0.1, -0.05) is 0 Å². The lowest BCUT2D eigenvalue weighted by Gasteiger charge is -2.09. The van der Waals surface area contributed by atoms with Crippen molar-refractivity contribution >= 4 is 28.3 Å². The zero-order valence-corrected chi connectivity index (χ0v) is 11.9. The molecule has 24 heavy (non-hydrogen) atoms. The van der Waals surface area contributed by atoms with E-state index < -0.39 is 23.6 Å². The number of H-pyrrole nitrogens is 1. The number of rotatable bonds is 2. The molecule has 0 bridgehead atoms. The van der Waals surface area contributed by atoms with Crippen LogP contribution in [0.4, 0.5) is 33.7 Å². The van der Waals surface area contributed by atoms with Gasteiger partial charge in [0.15, 0.2) is 5.82 Å². The van der Waals surface area contributed by atoms with Gasteiger partial charge in [0.2, 0.25) is 0 Å². The molecular weight excluding hydrogens is 328 g/mol. The second-order valence-electron chi connectivity index (χ2n) is 4.90. The summed E-state index contributed by atoms with van der Waals surface area (Å²) in [5.74, 6) is -0.566. The van der Waals surface area contributed by atoms with E-state index >= 15 is 0 Å². The van der Waals surface area contributed by atoms with E-state index in [9.17, 15) is 22.4 Å². The molecule has 3 aromatic rings. The Morgan fingerprint density at radius 2 is 1.79 bits per heavy atom. The first-order chi connectivity index (χ1) is 11.3. The molecule has 9 heteroatoms. The molecule has 1 aromatic carbocycles. The quantitative estimate of drug-likeness (QED) is 0.608. The number of anilines is 2. The fourth-order valence-corrected chi connectivity index (χ4v) is 2.14. The summed E-state index contributed by atoms with van der Waals surface area (Å²) < 4.78 is 50.9. The van der Waals surface area contributed by atoms with Gasteiger partial charge >= 0.3 is 12.2 Å².